The molecule has 24 rings (SSSR count). The van der Waals surface area contributed by atoms with E-state index in [2.05, 4.69) is 317 Å². The third-order valence-electron chi connectivity index (χ3n) is 20.4. The van der Waals surface area contributed by atoms with E-state index in [9.17, 15) is 0 Å². The van der Waals surface area contributed by atoms with Gasteiger partial charge in [-0.15, -0.1) is 45.3 Å². The van der Waals surface area contributed by atoms with E-state index in [-0.39, 0.29) is 0 Å². The van der Waals surface area contributed by atoms with Crippen LogP contribution in [0.3, 0.4) is 0 Å². The summed E-state index contributed by atoms with van der Waals surface area (Å²) in [5.41, 5.74) is 14.8. The topological polar surface area (TPSA) is 41.1 Å². The molecule has 5 nitrogen and oxygen atoms in total. The minimum Gasteiger partial charge on any atom is -0.455 e. The smallest absolute Gasteiger partial charge is 0.145 e. The van der Waals surface area contributed by atoms with Gasteiger partial charge in [0.2, 0.25) is 0 Å². The van der Waals surface area contributed by atoms with Crippen molar-refractivity contribution in [1.29, 1.82) is 0 Å². The number of hydrogen-bond donors (Lipinski definition) is 0. The summed E-state index contributed by atoms with van der Waals surface area (Å²) in [7, 11) is 0. The van der Waals surface area contributed by atoms with Crippen LogP contribution in [0.15, 0.2) is 318 Å². The van der Waals surface area contributed by atoms with Crippen LogP contribution in [-0.4, -0.2) is 13.7 Å². The molecule has 0 unspecified atom stereocenters. The second kappa shape index (κ2) is 21.3. The Kier molecular flexibility index (Phi) is 11.9. The van der Waals surface area contributed by atoms with Gasteiger partial charge in [-0.2, -0.15) is 0 Å². The third kappa shape index (κ3) is 8.01. The molecular formula is C90H51N3O2S4. The van der Waals surface area contributed by atoms with Crippen molar-refractivity contribution in [1.82, 2.24) is 13.7 Å². The summed E-state index contributed by atoms with van der Waals surface area (Å²) in [6.45, 7) is 0. The van der Waals surface area contributed by atoms with Gasteiger partial charge in [-0.3, -0.25) is 0 Å². The van der Waals surface area contributed by atoms with Crippen LogP contribution in [0.5, 0.6) is 0 Å². The van der Waals surface area contributed by atoms with Gasteiger partial charge < -0.3 is 22.5 Å². The summed E-state index contributed by atoms with van der Waals surface area (Å²) in [6, 6.07) is 111. The lowest BCUT2D eigenvalue weighted by molar-refractivity contribution is 0.672. The van der Waals surface area contributed by atoms with Gasteiger partial charge >= 0.3 is 0 Å². The third-order valence-corrected chi connectivity index (χ3v) is 25.2. The minimum absolute atomic E-state index is 0.945. The second-order valence-corrected chi connectivity index (χ2v) is 29.8. The normalized spacial score (nSPS) is 12.2. The summed E-state index contributed by atoms with van der Waals surface area (Å²) < 4.78 is 30.9. The average molecular weight is 1330 g/mol. The highest BCUT2D eigenvalue weighted by atomic mass is 32.1. The van der Waals surface area contributed by atoms with Crippen molar-refractivity contribution in [3.05, 3.63) is 309 Å². The molecule has 0 amide bonds. The first-order valence-corrected chi connectivity index (χ1v) is 36.6. The van der Waals surface area contributed by atoms with Gasteiger partial charge in [0.15, 0.2) is 0 Å². The van der Waals surface area contributed by atoms with E-state index >= 15 is 0 Å². The van der Waals surface area contributed by atoms with Crippen molar-refractivity contribution in [2.24, 2.45) is 0 Å². The molecular weight excluding hydrogens is 1280 g/mol. The van der Waals surface area contributed by atoms with E-state index in [0.717, 1.165) is 28.0 Å². The van der Waals surface area contributed by atoms with E-state index in [1.807, 2.05) is 51.4 Å². The molecule has 462 valence electrons. The molecule has 0 saturated carbocycles. The van der Waals surface area contributed by atoms with E-state index in [1.165, 1.54) is 179 Å². The molecule has 99 heavy (non-hydrogen) atoms. The Balaban J connectivity index is 0.0000000949. The van der Waals surface area contributed by atoms with Crippen molar-refractivity contribution in [2.75, 3.05) is 0 Å². The minimum atomic E-state index is 0.945. The average Bonchev–Trinajstić information content (AvgIpc) is 1.56. The highest BCUT2D eigenvalue weighted by molar-refractivity contribution is 7.30. The van der Waals surface area contributed by atoms with Gasteiger partial charge in [0.05, 0.1) is 38.5 Å². The van der Waals surface area contributed by atoms with E-state index in [4.69, 9.17) is 8.83 Å². The van der Waals surface area contributed by atoms with Crippen molar-refractivity contribution in [2.45, 2.75) is 0 Å². The van der Waals surface area contributed by atoms with Crippen molar-refractivity contribution in [3.63, 3.8) is 0 Å². The molecule has 0 aliphatic carbocycles. The molecule has 0 spiro atoms. The fraction of sp³-hybridized carbons (Fsp3) is 0. The molecule has 9 heterocycles. The summed E-state index contributed by atoms with van der Waals surface area (Å²) in [4.78, 5) is 0. The highest BCUT2D eigenvalue weighted by Gasteiger charge is 2.25. The first kappa shape index (κ1) is 55.3. The SMILES string of the molecule is c1ccc(-n2c3ccccc3c3c4oc5ccc6c7ccccc7sc6c5c4ccc32)cc1.c1ccc(-n2c3ccccc3c3c4sc5ccc6c7ccccc7oc6c5c4ccc32)cc1.c1ccc(-n2c3ccccc3c3c4sc5ccc6c7ccccc7sc6c5c4ccc32)cc1. The summed E-state index contributed by atoms with van der Waals surface area (Å²) >= 11 is 7.58. The maximum Gasteiger partial charge on any atom is 0.145 e. The molecule has 0 N–H and O–H groups in total. The van der Waals surface area contributed by atoms with Crippen LogP contribution in [0.25, 0.3) is 207 Å². The number of fused-ring (bicyclic) bond motifs is 33. The van der Waals surface area contributed by atoms with Gasteiger partial charge in [0.25, 0.3) is 0 Å². The molecule has 9 aromatic heterocycles. The lowest BCUT2D eigenvalue weighted by Gasteiger charge is -2.07. The number of aromatic nitrogens is 3. The Morgan fingerprint density at radius 3 is 1.08 bits per heavy atom. The van der Waals surface area contributed by atoms with Crippen LogP contribution in [-0.2, 0) is 0 Å². The van der Waals surface area contributed by atoms with Gasteiger partial charge in [0.1, 0.15) is 22.3 Å². The van der Waals surface area contributed by atoms with Crippen molar-refractivity contribution >= 4 is 235 Å². The zero-order valence-corrected chi connectivity index (χ0v) is 56.0. The van der Waals surface area contributed by atoms with Crippen LogP contribution in [0, 0.1) is 0 Å². The fourth-order valence-electron chi connectivity index (χ4n) is 16.2. The molecule has 0 saturated heterocycles. The van der Waals surface area contributed by atoms with Crippen molar-refractivity contribution < 1.29 is 8.83 Å². The van der Waals surface area contributed by atoms with Gasteiger partial charge in [-0.05, 0) is 127 Å². The number of nitrogens with zero attached hydrogens (tertiary/aromatic N) is 3. The largest absolute Gasteiger partial charge is 0.455 e. The van der Waals surface area contributed by atoms with Crippen LogP contribution >= 0.6 is 45.3 Å². The summed E-state index contributed by atoms with van der Waals surface area (Å²) in [6.07, 6.45) is 0. The number of hydrogen-bond acceptors (Lipinski definition) is 6. The molecule has 9 heteroatoms. The van der Waals surface area contributed by atoms with E-state index < -0.39 is 0 Å². The van der Waals surface area contributed by atoms with Gasteiger partial charge in [0, 0.05) is 146 Å². The molecule has 0 bridgehead atoms. The Morgan fingerprint density at radius 2 is 0.535 bits per heavy atom. The predicted octanol–water partition coefficient (Wildman–Crippen LogP) is 27.6. The molecule has 24 aromatic rings. The van der Waals surface area contributed by atoms with Gasteiger partial charge in [-0.25, -0.2) is 0 Å². The monoisotopic (exact) mass is 1330 g/mol. The van der Waals surface area contributed by atoms with Gasteiger partial charge in [-0.1, -0.05) is 182 Å². The second-order valence-electron chi connectivity index (χ2n) is 25.6. The maximum atomic E-state index is 6.62. The number of para-hydroxylation sites is 7. The number of thiophene rings is 4. The number of rotatable bonds is 3. The first-order valence-electron chi connectivity index (χ1n) is 33.4. The Bertz CT molecular complexity index is 6770. The Hall–Kier alpha value is -11.8. The van der Waals surface area contributed by atoms with Crippen LogP contribution < -0.4 is 0 Å². The number of benzene rings is 15. The summed E-state index contributed by atoms with van der Waals surface area (Å²) in [5, 5.41) is 23.1. The molecule has 0 aliphatic rings. The highest BCUT2D eigenvalue weighted by Crippen LogP contribution is 2.51. The predicted molar refractivity (Wildman–Crippen MR) is 428 cm³/mol. The zero-order valence-electron chi connectivity index (χ0n) is 52.7. The Labute approximate surface area is 579 Å². The van der Waals surface area contributed by atoms with Crippen LogP contribution in [0.2, 0.25) is 0 Å². The Morgan fingerprint density at radius 1 is 0.182 bits per heavy atom. The van der Waals surface area contributed by atoms with E-state index in [1.54, 1.807) is 0 Å². The molecule has 0 fully saturated rings. The molecule has 15 aromatic carbocycles. The van der Waals surface area contributed by atoms with Crippen LogP contribution in [0.1, 0.15) is 0 Å². The van der Waals surface area contributed by atoms with E-state index in [0.29, 0.717) is 0 Å². The zero-order chi connectivity index (χ0) is 64.6. The fourth-order valence-corrected chi connectivity index (χ4v) is 21.3. The lowest BCUT2D eigenvalue weighted by Crippen LogP contribution is -1.92. The lowest BCUT2D eigenvalue weighted by atomic mass is 10.1. The maximum absolute atomic E-state index is 6.62. The van der Waals surface area contributed by atoms with Crippen molar-refractivity contribution in [3.8, 4) is 17.1 Å². The molecule has 0 radical (unpaired) electrons. The molecule has 0 aliphatic heterocycles. The first-order chi connectivity index (χ1) is 49.1. The standard InChI is InChI=1S/2C30H17NOS.C30H17NS2/c1-2-8-18(9-3-1)31-23-12-6-4-11-21(23)27-24(31)16-14-22-28-25(32-29(22)27)17-15-20-19-10-5-7-13-26(19)33-30(20)28;2*1-2-8-18(9-3-1)31-23-12-6-4-11-21(23)27-24(31)16-14-22-28-26(33-30(22)27)17-15-20-19-10-5-7-13-25(19)32-29(20)28/h3*1-17H. The summed E-state index contributed by atoms with van der Waals surface area (Å²) in [5.74, 6) is 0. The van der Waals surface area contributed by atoms with Crippen LogP contribution in [0.4, 0.5) is 0 Å². The quantitative estimate of drug-likeness (QED) is 0.177. The number of furan rings is 2. The molecule has 0 atom stereocenters.